The lowest BCUT2D eigenvalue weighted by molar-refractivity contribution is -0.121. The number of aryl methyl sites for hydroxylation is 1. The van der Waals surface area contributed by atoms with Crippen LogP contribution in [-0.2, 0) is 17.6 Å². The molecule has 0 bridgehead atoms. The molecule has 7 nitrogen and oxygen atoms in total. The lowest BCUT2D eigenvalue weighted by Gasteiger charge is -2.17. The Bertz CT molecular complexity index is 919. The SMILES string of the molecule is Cc1nc(CC(=O)NC(Cc2noc(=O)[nH]2)c2ccccc2)c(Br)s1. The van der Waals surface area contributed by atoms with E-state index in [1.165, 1.54) is 11.3 Å². The van der Waals surface area contributed by atoms with Crippen LogP contribution in [0.3, 0.4) is 0 Å². The van der Waals surface area contributed by atoms with Crippen LogP contribution >= 0.6 is 27.3 Å². The monoisotopic (exact) mass is 422 g/mol. The van der Waals surface area contributed by atoms with Crippen LogP contribution in [0.1, 0.15) is 28.1 Å². The molecule has 1 aromatic carbocycles. The number of thiazole rings is 1. The first-order chi connectivity index (χ1) is 12.0. The van der Waals surface area contributed by atoms with Crippen LogP contribution in [0.25, 0.3) is 0 Å². The Balaban J connectivity index is 1.76. The Labute approximate surface area is 155 Å². The summed E-state index contributed by atoms with van der Waals surface area (Å²) in [7, 11) is 0. The van der Waals surface area contributed by atoms with Gasteiger partial charge in [0.25, 0.3) is 0 Å². The molecule has 0 fully saturated rings. The number of H-pyrrole nitrogens is 1. The van der Waals surface area contributed by atoms with Gasteiger partial charge in [0.05, 0.1) is 27.0 Å². The standard InChI is InChI=1S/C16H15BrN4O3S/c1-9-18-12(15(17)25-9)8-14(22)19-11(10-5-3-2-4-6-10)7-13-20-16(23)24-21-13/h2-6,11H,7-8H2,1H3,(H,19,22)(H,20,21,23). The maximum atomic E-state index is 12.5. The van der Waals surface area contributed by atoms with Crippen LogP contribution in [0.15, 0.2) is 43.4 Å². The van der Waals surface area contributed by atoms with Gasteiger partial charge in [0, 0.05) is 6.42 Å². The largest absolute Gasteiger partial charge is 0.438 e. The molecule has 1 amide bonds. The summed E-state index contributed by atoms with van der Waals surface area (Å²) in [4.78, 5) is 30.5. The number of amides is 1. The highest BCUT2D eigenvalue weighted by Crippen LogP contribution is 2.25. The lowest BCUT2D eigenvalue weighted by Crippen LogP contribution is -2.31. The Morgan fingerprint density at radius 3 is 2.76 bits per heavy atom. The van der Waals surface area contributed by atoms with Crippen molar-refractivity contribution >= 4 is 33.2 Å². The summed E-state index contributed by atoms with van der Waals surface area (Å²) in [5.41, 5.74) is 1.62. The van der Waals surface area contributed by atoms with Gasteiger partial charge in [-0.2, -0.15) is 0 Å². The van der Waals surface area contributed by atoms with Gasteiger partial charge in [-0.25, -0.2) is 9.78 Å². The van der Waals surface area contributed by atoms with Gasteiger partial charge in [-0.05, 0) is 28.4 Å². The highest BCUT2D eigenvalue weighted by molar-refractivity contribution is 9.11. The van der Waals surface area contributed by atoms with Gasteiger partial charge in [0.2, 0.25) is 5.91 Å². The zero-order chi connectivity index (χ0) is 17.8. The molecule has 2 heterocycles. The number of carbonyl (C=O) groups is 1. The van der Waals surface area contributed by atoms with E-state index in [9.17, 15) is 9.59 Å². The molecule has 130 valence electrons. The number of halogens is 1. The summed E-state index contributed by atoms with van der Waals surface area (Å²) in [6, 6.07) is 9.15. The minimum absolute atomic E-state index is 0.161. The molecule has 3 aromatic rings. The third kappa shape index (κ3) is 4.64. The van der Waals surface area contributed by atoms with Gasteiger partial charge in [-0.15, -0.1) is 11.3 Å². The number of aromatic nitrogens is 3. The number of nitrogens with zero attached hydrogens (tertiary/aromatic N) is 2. The van der Waals surface area contributed by atoms with Crippen LogP contribution in [0.5, 0.6) is 0 Å². The molecule has 2 aromatic heterocycles. The van der Waals surface area contributed by atoms with Gasteiger partial charge in [-0.1, -0.05) is 35.5 Å². The number of hydrogen-bond donors (Lipinski definition) is 2. The number of benzene rings is 1. The quantitative estimate of drug-likeness (QED) is 0.635. The Morgan fingerprint density at radius 1 is 1.40 bits per heavy atom. The summed E-state index contributed by atoms with van der Waals surface area (Å²) in [5.74, 6) is -0.398. The molecule has 0 aliphatic rings. The van der Waals surface area contributed by atoms with Crippen LogP contribution in [0.2, 0.25) is 0 Å². The van der Waals surface area contributed by atoms with E-state index in [0.717, 1.165) is 14.4 Å². The van der Waals surface area contributed by atoms with E-state index < -0.39 is 5.76 Å². The predicted octanol–water partition coefficient (Wildman–Crippen LogP) is 2.53. The molecule has 0 radical (unpaired) electrons. The normalized spacial score (nSPS) is 12.1. The van der Waals surface area contributed by atoms with Crippen molar-refractivity contribution in [3.05, 3.63) is 66.8 Å². The summed E-state index contributed by atoms with van der Waals surface area (Å²) in [6.45, 7) is 1.89. The number of hydrogen-bond acceptors (Lipinski definition) is 6. The lowest BCUT2D eigenvalue weighted by atomic mass is 10.0. The second kappa shape index (κ2) is 7.75. The van der Waals surface area contributed by atoms with E-state index in [1.807, 2.05) is 37.3 Å². The maximum Gasteiger partial charge on any atom is 0.438 e. The van der Waals surface area contributed by atoms with Crippen LogP contribution in [-0.4, -0.2) is 21.0 Å². The van der Waals surface area contributed by atoms with Crippen molar-refractivity contribution in [3.8, 4) is 0 Å². The smallest absolute Gasteiger partial charge is 0.349 e. The van der Waals surface area contributed by atoms with E-state index in [4.69, 9.17) is 0 Å². The van der Waals surface area contributed by atoms with Gasteiger partial charge < -0.3 is 5.32 Å². The molecule has 0 spiro atoms. The third-order valence-electron chi connectivity index (χ3n) is 3.50. The molecule has 0 saturated carbocycles. The summed E-state index contributed by atoms with van der Waals surface area (Å²) in [5, 5.41) is 7.55. The van der Waals surface area contributed by atoms with E-state index in [-0.39, 0.29) is 18.4 Å². The molecule has 0 saturated heterocycles. The van der Waals surface area contributed by atoms with Crippen molar-refractivity contribution in [2.45, 2.75) is 25.8 Å². The maximum absolute atomic E-state index is 12.5. The topological polar surface area (TPSA) is 101 Å². The molecule has 1 atom stereocenters. The van der Waals surface area contributed by atoms with Gasteiger partial charge >= 0.3 is 5.76 Å². The van der Waals surface area contributed by atoms with Crippen molar-refractivity contribution < 1.29 is 9.32 Å². The molecule has 0 aliphatic heterocycles. The molecule has 25 heavy (non-hydrogen) atoms. The Kier molecular flexibility index (Phi) is 5.44. The average Bonchev–Trinajstić information content (AvgIpc) is 3.12. The van der Waals surface area contributed by atoms with Crippen molar-refractivity contribution in [2.75, 3.05) is 0 Å². The van der Waals surface area contributed by atoms with E-state index in [2.05, 4.69) is 40.9 Å². The first-order valence-electron chi connectivity index (χ1n) is 7.52. The average molecular weight is 423 g/mol. The number of rotatable bonds is 6. The summed E-state index contributed by atoms with van der Waals surface area (Å²) >= 11 is 4.92. The fourth-order valence-corrected chi connectivity index (χ4v) is 4.01. The molecular weight excluding hydrogens is 408 g/mol. The fourth-order valence-electron chi connectivity index (χ4n) is 2.43. The predicted molar refractivity (Wildman–Crippen MR) is 96.4 cm³/mol. The molecule has 3 rings (SSSR count). The highest BCUT2D eigenvalue weighted by Gasteiger charge is 2.19. The number of carbonyl (C=O) groups excluding carboxylic acids is 1. The third-order valence-corrected chi connectivity index (χ3v) is 5.25. The fraction of sp³-hybridized carbons (Fsp3) is 0.250. The second-order valence-electron chi connectivity index (χ2n) is 5.41. The van der Waals surface area contributed by atoms with E-state index >= 15 is 0 Å². The molecular formula is C16H15BrN4O3S. The number of nitrogens with one attached hydrogen (secondary N) is 2. The zero-order valence-electron chi connectivity index (χ0n) is 13.3. The minimum Gasteiger partial charge on any atom is -0.349 e. The summed E-state index contributed by atoms with van der Waals surface area (Å²) in [6.07, 6.45) is 0.488. The molecule has 0 aliphatic carbocycles. The highest BCUT2D eigenvalue weighted by atomic mass is 79.9. The number of aromatic amines is 1. The molecule has 1 unspecified atom stereocenters. The first kappa shape index (κ1) is 17.6. The molecule has 9 heteroatoms. The van der Waals surface area contributed by atoms with E-state index in [1.54, 1.807) is 0 Å². The van der Waals surface area contributed by atoms with E-state index in [0.29, 0.717) is 17.9 Å². The van der Waals surface area contributed by atoms with Crippen LogP contribution in [0, 0.1) is 6.92 Å². The van der Waals surface area contributed by atoms with Crippen LogP contribution < -0.4 is 11.1 Å². The van der Waals surface area contributed by atoms with Crippen molar-refractivity contribution in [2.24, 2.45) is 0 Å². The Morgan fingerprint density at radius 2 is 2.16 bits per heavy atom. The van der Waals surface area contributed by atoms with Gasteiger partial charge in [-0.3, -0.25) is 14.3 Å². The second-order valence-corrected chi connectivity index (χ2v) is 7.93. The molecule has 2 N–H and O–H groups in total. The van der Waals surface area contributed by atoms with Crippen molar-refractivity contribution in [1.29, 1.82) is 0 Å². The zero-order valence-corrected chi connectivity index (χ0v) is 15.7. The first-order valence-corrected chi connectivity index (χ1v) is 9.13. The van der Waals surface area contributed by atoms with Crippen molar-refractivity contribution in [3.63, 3.8) is 0 Å². The van der Waals surface area contributed by atoms with Crippen molar-refractivity contribution in [1.82, 2.24) is 20.4 Å². The van der Waals surface area contributed by atoms with Crippen LogP contribution in [0.4, 0.5) is 0 Å². The summed E-state index contributed by atoms with van der Waals surface area (Å²) < 4.78 is 5.39. The van der Waals surface area contributed by atoms with Gasteiger partial charge in [0.1, 0.15) is 0 Å². The minimum atomic E-state index is -0.616. The Hall–Kier alpha value is -2.26. The van der Waals surface area contributed by atoms with Gasteiger partial charge in [0.15, 0.2) is 5.82 Å².